The number of aliphatic imine (C=N–C) groups is 1. The lowest BCUT2D eigenvalue weighted by Gasteiger charge is -2.35. The number of aryl methyl sites for hydroxylation is 2. The van der Waals surface area contributed by atoms with E-state index in [0.29, 0.717) is 25.5 Å². The molecule has 0 atom stereocenters. The summed E-state index contributed by atoms with van der Waals surface area (Å²) >= 11 is 0. The smallest absolute Gasteiger partial charge is 0.410 e. The fourth-order valence-corrected chi connectivity index (χ4v) is 2.98. The summed E-state index contributed by atoms with van der Waals surface area (Å²) in [5.41, 5.74) is 0.466. The molecule has 0 aliphatic carbocycles. The minimum atomic E-state index is -0.447. The van der Waals surface area contributed by atoms with Gasteiger partial charge in [0.15, 0.2) is 5.96 Å². The molecule has 172 valence electrons. The summed E-state index contributed by atoms with van der Waals surface area (Å²) in [4.78, 5) is 24.9. The summed E-state index contributed by atoms with van der Waals surface area (Å²) in [6.45, 7) is 15.0. The van der Waals surface area contributed by atoms with Gasteiger partial charge in [0, 0.05) is 39.8 Å². The first-order valence-electron chi connectivity index (χ1n) is 10.3. The van der Waals surface area contributed by atoms with Crippen LogP contribution in [0.1, 0.15) is 44.5 Å². The maximum atomic E-state index is 12.1. The molecule has 2 N–H and O–H groups in total. The van der Waals surface area contributed by atoms with Crippen LogP contribution in [0.2, 0.25) is 0 Å². The number of carbonyl (C=O) groups excluding carboxylic acids is 1. The number of nitrogens with one attached hydrogen (secondary N) is 2. The predicted octanol–water partition coefficient (Wildman–Crippen LogP) is 2.52. The Morgan fingerprint density at radius 2 is 1.87 bits per heavy atom. The minimum Gasteiger partial charge on any atom is -0.444 e. The molecule has 2 rings (SSSR count). The van der Waals surface area contributed by atoms with E-state index in [1.54, 1.807) is 11.9 Å². The highest BCUT2D eigenvalue weighted by Crippen LogP contribution is 2.12. The van der Waals surface area contributed by atoms with Crippen LogP contribution in [0, 0.1) is 13.8 Å². The number of amides is 1. The molecule has 1 aliphatic rings. The molecule has 1 aromatic rings. The molecule has 1 fully saturated rings. The Kier molecular flexibility index (Phi) is 10.9. The van der Waals surface area contributed by atoms with Gasteiger partial charge in [-0.2, -0.15) is 0 Å². The van der Waals surface area contributed by atoms with Crippen molar-refractivity contribution in [3.8, 4) is 0 Å². The zero-order valence-corrected chi connectivity index (χ0v) is 21.4. The Bertz CT molecular complexity index is 674. The first kappa shape index (κ1) is 26.5. The lowest BCUT2D eigenvalue weighted by atomic mass is 10.2. The fourth-order valence-electron chi connectivity index (χ4n) is 2.98. The van der Waals surface area contributed by atoms with Gasteiger partial charge in [-0.15, -0.1) is 24.0 Å². The standard InChI is InChI=1S/C20H36N6O3.HI/c1-15-16(2)28-17(24-15)14-23-18(21-6)22-8-7-9-25-10-12-26(13-11-25)19(27)29-20(3,4)5;/h7-14H2,1-6H3,(H2,21,22,23);1H. The van der Waals surface area contributed by atoms with Crippen molar-refractivity contribution in [2.45, 2.75) is 53.2 Å². The normalized spacial score (nSPS) is 15.5. The lowest BCUT2D eigenvalue weighted by molar-refractivity contribution is 0.0145. The second kappa shape index (κ2) is 12.3. The van der Waals surface area contributed by atoms with E-state index in [-0.39, 0.29) is 30.1 Å². The van der Waals surface area contributed by atoms with Crippen molar-refractivity contribution in [3.63, 3.8) is 0 Å². The van der Waals surface area contributed by atoms with Crippen LogP contribution < -0.4 is 10.6 Å². The second-order valence-electron chi connectivity index (χ2n) is 8.26. The third-order valence-corrected chi connectivity index (χ3v) is 4.67. The maximum Gasteiger partial charge on any atom is 0.410 e. The monoisotopic (exact) mass is 536 g/mol. The number of guanidine groups is 1. The van der Waals surface area contributed by atoms with E-state index < -0.39 is 5.60 Å². The molecule has 30 heavy (non-hydrogen) atoms. The van der Waals surface area contributed by atoms with Crippen LogP contribution in [0.5, 0.6) is 0 Å². The van der Waals surface area contributed by atoms with Gasteiger partial charge in [-0.3, -0.25) is 9.89 Å². The van der Waals surface area contributed by atoms with E-state index in [0.717, 1.165) is 50.0 Å². The molecule has 0 spiro atoms. The van der Waals surface area contributed by atoms with Crippen molar-refractivity contribution in [2.24, 2.45) is 4.99 Å². The van der Waals surface area contributed by atoms with Crippen LogP contribution in [0.4, 0.5) is 4.79 Å². The largest absolute Gasteiger partial charge is 0.444 e. The van der Waals surface area contributed by atoms with Gasteiger partial charge >= 0.3 is 6.09 Å². The highest BCUT2D eigenvalue weighted by atomic mass is 127. The number of halogens is 1. The minimum absolute atomic E-state index is 0. The molecule has 10 heteroatoms. The molecule has 1 saturated heterocycles. The first-order chi connectivity index (χ1) is 13.7. The van der Waals surface area contributed by atoms with E-state index in [1.807, 2.05) is 34.6 Å². The first-order valence-corrected chi connectivity index (χ1v) is 10.3. The Morgan fingerprint density at radius 1 is 1.20 bits per heavy atom. The number of ether oxygens (including phenoxy) is 1. The average molecular weight is 536 g/mol. The molecular weight excluding hydrogens is 499 g/mol. The topological polar surface area (TPSA) is 95.2 Å². The van der Waals surface area contributed by atoms with Gasteiger partial charge in [0.05, 0.1) is 12.2 Å². The Hall–Kier alpha value is -1.56. The second-order valence-corrected chi connectivity index (χ2v) is 8.26. The molecule has 1 aromatic heterocycles. The summed E-state index contributed by atoms with van der Waals surface area (Å²) in [5.74, 6) is 2.23. The van der Waals surface area contributed by atoms with E-state index in [1.165, 1.54) is 0 Å². The Morgan fingerprint density at radius 3 is 2.40 bits per heavy atom. The third-order valence-electron chi connectivity index (χ3n) is 4.67. The number of carbonyl (C=O) groups is 1. The van der Waals surface area contributed by atoms with Gasteiger partial charge in [0.1, 0.15) is 11.4 Å². The van der Waals surface area contributed by atoms with Gasteiger partial charge in [0.25, 0.3) is 0 Å². The van der Waals surface area contributed by atoms with Crippen molar-refractivity contribution < 1.29 is 13.9 Å². The highest BCUT2D eigenvalue weighted by molar-refractivity contribution is 14.0. The maximum absolute atomic E-state index is 12.1. The summed E-state index contributed by atoms with van der Waals surface area (Å²) in [5, 5.41) is 6.52. The molecule has 0 radical (unpaired) electrons. The number of aromatic nitrogens is 1. The van der Waals surface area contributed by atoms with Crippen LogP contribution in [-0.2, 0) is 11.3 Å². The molecule has 2 heterocycles. The summed E-state index contributed by atoms with van der Waals surface area (Å²) in [6, 6.07) is 0. The zero-order valence-electron chi connectivity index (χ0n) is 19.1. The average Bonchev–Trinajstić information content (AvgIpc) is 2.98. The van der Waals surface area contributed by atoms with Gasteiger partial charge < -0.3 is 24.7 Å². The predicted molar refractivity (Wildman–Crippen MR) is 128 cm³/mol. The summed E-state index contributed by atoms with van der Waals surface area (Å²) < 4.78 is 11.0. The van der Waals surface area contributed by atoms with Crippen molar-refractivity contribution in [1.82, 2.24) is 25.4 Å². The third kappa shape index (κ3) is 9.07. The van der Waals surface area contributed by atoms with Gasteiger partial charge in [0.2, 0.25) is 5.89 Å². The van der Waals surface area contributed by atoms with Crippen LogP contribution in [0.3, 0.4) is 0 Å². The van der Waals surface area contributed by atoms with E-state index in [9.17, 15) is 4.79 Å². The Balaban J connectivity index is 0.00000450. The number of nitrogens with zero attached hydrogens (tertiary/aromatic N) is 4. The van der Waals surface area contributed by atoms with Crippen molar-refractivity contribution in [1.29, 1.82) is 0 Å². The summed E-state index contributed by atoms with van der Waals surface area (Å²) in [7, 11) is 1.75. The van der Waals surface area contributed by atoms with Crippen LogP contribution in [0.25, 0.3) is 0 Å². The van der Waals surface area contributed by atoms with Crippen LogP contribution >= 0.6 is 24.0 Å². The van der Waals surface area contributed by atoms with Crippen molar-refractivity contribution >= 4 is 36.0 Å². The molecule has 1 aliphatic heterocycles. The number of hydrogen-bond donors (Lipinski definition) is 2. The number of rotatable bonds is 6. The lowest BCUT2D eigenvalue weighted by Crippen LogP contribution is -2.50. The number of piperazine rings is 1. The van der Waals surface area contributed by atoms with E-state index in [2.05, 4.69) is 25.5 Å². The highest BCUT2D eigenvalue weighted by Gasteiger charge is 2.25. The Labute approximate surface area is 197 Å². The molecule has 0 bridgehead atoms. The molecule has 0 unspecified atom stereocenters. The van der Waals surface area contributed by atoms with Crippen molar-refractivity contribution in [3.05, 3.63) is 17.3 Å². The van der Waals surface area contributed by atoms with Crippen LogP contribution in [-0.4, -0.2) is 78.8 Å². The van der Waals surface area contributed by atoms with Gasteiger partial charge in [-0.25, -0.2) is 9.78 Å². The summed E-state index contributed by atoms with van der Waals surface area (Å²) in [6.07, 6.45) is 0.773. The van der Waals surface area contributed by atoms with Gasteiger partial charge in [-0.1, -0.05) is 0 Å². The zero-order chi connectivity index (χ0) is 21.4. The van der Waals surface area contributed by atoms with E-state index >= 15 is 0 Å². The van der Waals surface area contributed by atoms with Gasteiger partial charge in [-0.05, 0) is 47.6 Å². The molecule has 0 aromatic carbocycles. The van der Waals surface area contributed by atoms with E-state index in [4.69, 9.17) is 9.15 Å². The molecule has 1 amide bonds. The van der Waals surface area contributed by atoms with Crippen molar-refractivity contribution in [2.75, 3.05) is 46.3 Å². The quantitative estimate of drug-likeness (QED) is 0.250. The number of oxazole rings is 1. The number of hydrogen-bond acceptors (Lipinski definition) is 6. The van der Waals surface area contributed by atoms with Crippen LogP contribution in [0.15, 0.2) is 9.41 Å². The molecule has 9 nitrogen and oxygen atoms in total. The fraction of sp³-hybridized carbons (Fsp3) is 0.750. The molecular formula is C20H37IN6O3. The molecule has 0 saturated carbocycles. The SMILES string of the molecule is CN=C(NCCCN1CCN(C(=O)OC(C)(C)C)CC1)NCc1nc(C)c(C)o1.I.